The van der Waals surface area contributed by atoms with Crippen molar-refractivity contribution in [2.24, 2.45) is 5.92 Å². The summed E-state index contributed by atoms with van der Waals surface area (Å²) < 4.78 is 5.07. The largest absolute Gasteiger partial charge is 0.480 e. The third-order valence-electron chi connectivity index (χ3n) is 5.49. The van der Waals surface area contributed by atoms with Gasteiger partial charge in [-0.05, 0) is 59.4 Å². The molecule has 2 fully saturated rings. The van der Waals surface area contributed by atoms with Gasteiger partial charge in [-0.15, -0.1) is 10.2 Å². The normalized spacial score (nSPS) is 25.1. The number of ether oxygens (including phenoxy) is 1. The van der Waals surface area contributed by atoms with Crippen molar-refractivity contribution in [3.8, 4) is 5.88 Å². The Morgan fingerprint density at radius 3 is 2.52 bits per heavy atom. The Kier molecular flexibility index (Phi) is 5.60. The number of hydrogen-bond acceptors (Lipinski definition) is 6. The van der Waals surface area contributed by atoms with Gasteiger partial charge in [-0.25, -0.2) is 0 Å². The summed E-state index contributed by atoms with van der Waals surface area (Å²) in [4.78, 5) is 15.1. The van der Waals surface area contributed by atoms with Crippen LogP contribution in [0, 0.1) is 5.92 Å². The topological polar surface area (TPSA) is 79.4 Å². The lowest BCUT2D eigenvalue weighted by molar-refractivity contribution is -0.126. The van der Waals surface area contributed by atoms with E-state index in [1.165, 1.54) is 0 Å². The number of hydrogen-bond donors (Lipinski definition) is 2. The number of nitrogens with one attached hydrogen (secondary N) is 2. The number of carbonyl (C=O) groups is 1. The average molecular weight is 376 g/mol. The summed E-state index contributed by atoms with van der Waals surface area (Å²) in [7, 11) is 1.58. The van der Waals surface area contributed by atoms with Crippen molar-refractivity contribution in [1.29, 1.82) is 0 Å². The van der Waals surface area contributed by atoms with Gasteiger partial charge in [0.15, 0.2) is 5.82 Å². The van der Waals surface area contributed by atoms with Crippen LogP contribution in [0.15, 0.2) is 12.1 Å². The Hall–Kier alpha value is -1.89. The molecule has 7 heteroatoms. The molecule has 2 aliphatic rings. The molecular weight excluding hydrogens is 342 g/mol. The summed E-state index contributed by atoms with van der Waals surface area (Å²) >= 11 is 0. The summed E-state index contributed by atoms with van der Waals surface area (Å²) in [5, 5.41) is 15.3. The van der Waals surface area contributed by atoms with E-state index >= 15 is 0 Å². The summed E-state index contributed by atoms with van der Waals surface area (Å²) in [6, 6.07) is 3.93. The highest BCUT2D eigenvalue weighted by Crippen LogP contribution is 2.29. The molecule has 150 valence electrons. The minimum atomic E-state index is -0.0104. The lowest BCUT2D eigenvalue weighted by Crippen LogP contribution is -2.62. The van der Waals surface area contributed by atoms with E-state index in [0.29, 0.717) is 12.4 Å². The number of aromatic nitrogens is 2. The number of methoxy groups -OCH3 is 1. The van der Waals surface area contributed by atoms with Gasteiger partial charge in [-0.1, -0.05) is 0 Å². The molecule has 1 aromatic heterocycles. The maximum atomic E-state index is 13.0. The first kappa shape index (κ1) is 19.9. The molecule has 0 aromatic carbocycles. The fourth-order valence-corrected chi connectivity index (χ4v) is 4.73. The zero-order chi connectivity index (χ0) is 19.7. The molecule has 0 bridgehead atoms. The standard InChI is InChI=1S/C20H33N5O2/c1-19(2)11-15(12-20(3,4)24-19)21-18(26)14-7-6-10-25(13-14)16-8-9-17(27-5)23-22-16/h8-9,14-15,24H,6-7,10-13H2,1-5H3,(H,21,26)/t14-/m1/s1. The lowest BCUT2D eigenvalue weighted by atomic mass is 9.79. The van der Waals surface area contributed by atoms with Gasteiger partial charge in [0.2, 0.25) is 11.8 Å². The van der Waals surface area contributed by atoms with Gasteiger partial charge in [0.25, 0.3) is 0 Å². The fraction of sp³-hybridized carbons (Fsp3) is 0.750. The molecular formula is C20H33N5O2. The van der Waals surface area contributed by atoms with Crippen LogP contribution in [0.2, 0.25) is 0 Å². The molecule has 2 aliphatic heterocycles. The zero-order valence-electron chi connectivity index (χ0n) is 17.2. The van der Waals surface area contributed by atoms with Gasteiger partial charge in [-0.2, -0.15) is 0 Å². The predicted octanol–water partition coefficient (Wildman–Crippen LogP) is 2.13. The summed E-state index contributed by atoms with van der Waals surface area (Å²) in [5.74, 6) is 1.46. The van der Waals surface area contributed by atoms with E-state index in [1.54, 1.807) is 7.11 Å². The molecule has 2 N–H and O–H groups in total. The first-order valence-electron chi connectivity index (χ1n) is 9.90. The van der Waals surface area contributed by atoms with Crippen molar-refractivity contribution >= 4 is 11.7 Å². The second kappa shape index (κ2) is 7.62. The minimum Gasteiger partial charge on any atom is -0.480 e. The molecule has 1 aromatic rings. The number of anilines is 1. The second-order valence-electron chi connectivity index (χ2n) is 9.23. The van der Waals surface area contributed by atoms with Crippen molar-refractivity contribution in [1.82, 2.24) is 20.8 Å². The van der Waals surface area contributed by atoms with Gasteiger partial charge in [0.05, 0.1) is 13.0 Å². The highest BCUT2D eigenvalue weighted by Gasteiger charge is 2.39. The highest BCUT2D eigenvalue weighted by molar-refractivity contribution is 5.80. The summed E-state index contributed by atoms with van der Waals surface area (Å²) in [6.07, 6.45) is 3.80. The molecule has 0 saturated carbocycles. The second-order valence-corrected chi connectivity index (χ2v) is 9.23. The molecule has 1 amide bonds. The van der Waals surface area contributed by atoms with Crippen LogP contribution in [-0.2, 0) is 4.79 Å². The van der Waals surface area contributed by atoms with Crippen molar-refractivity contribution in [2.45, 2.75) is 70.5 Å². The molecule has 3 rings (SSSR count). The monoisotopic (exact) mass is 375 g/mol. The SMILES string of the molecule is COc1ccc(N2CCC[C@@H](C(=O)NC3CC(C)(C)NC(C)(C)C3)C2)nn1. The first-order valence-corrected chi connectivity index (χ1v) is 9.90. The van der Waals surface area contributed by atoms with E-state index in [2.05, 4.69) is 53.4 Å². The van der Waals surface area contributed by atoms with Crippen LogP contribution in [0.3, 0.4) is 0 Å². The van der Waals surface area contributed by atoms with Crippen LogP contribution in [0.25, 0.3) is 0 Å². The van der Waals surface area contributed by atoms with E-state index in [4.69, 9.17) is 4.74 Å². The third-order valence-corrected chi connectivity index (χ3v) is 5.49. The maximum absolute atomic E-state index is 13.0. The Balaban J connectivity index is 1.61. The molecule has 7 nitrogen and oxygen atoms in total. The van der Waals surface area contributed by atoms with Gasteiger partial charge < -0.3 is 20.3 Å². The van der Waals surface area contributed by atoms with Crippen LogP contribution in [0.4, 0.5) is 5.82 Å². The molecule has 0 aliphatic carbocycles. The van der Waals surface area contributed by atoms with Crippen molar-refractivity contribution < 1.29 is 9.53 Å². The molecule has 0 spiro atoms. The van der Waals surface area contributed by atoms with E-state index < -0.39 is 0 Å². The Bertz CT molecular complexity index is 643. The predicted molar refractivity (Wildman–Crippen MR) is 106 cm³/mol. The van der Waals surface area contributed by atoms with Crippen LogP contribution < -0.4 is 20.3 Å². The average Bonchev–Trinajstić information content (AvgIpc) is 2.59. The van der Waals surface area contributed by atoms with E-state index in [-0.39, 0.29) is 28.9 Å². The number of piperidine rings is 2. The Morgan fingerprint density at radius 1 is 1.22 bits per heavy atom. The van der Waals surface area contributed by atoms with Crippen LogP contribution in [0.5, 0.6) is 5.88 Å². The molecule has 1 atom stereocenters. The van der Waals surface area contributed by atoms with Crippen LogP contribution >= 0.6 is 0 Å². The number of rotatable bonds is 4. The van der Waals surface area contributed by atoms with Crippen molar-refractivity contribution in [2.75, 3.05) is 25.1 Å². The summed E-state index contributed by atoms with van der Waals surface area (Å²) in [6.45, 7) is 10.4. The summed E-state index contributed by atoms with van der Waals surface area (Å²) in [5.41, 5.74) is 0.0496. The van der Waals surface area contributed by atoms with Gasteiger partial charge >= 0.3 is 0 Å². The lowest BCUT2D eigenvalue weighted by Gasteiger charge is -2.47. The van der Waals surface area contributed by atoms with Gasteiger partial charge in [0, 0.05) is 36.3 Å². The van der Waals surface area contributed by atoms with Crippen molar-refractivity contribution in [3.63, 3.8) is 0 Å². The minimum absolute atomic E-state index is 0.0104. The molecule has 0 unspecified atom stereocenters. The zero-order valence-corrected chi connectivity index (χ0v) is 17.2. The van der Waals surface area contributed by atoms with Gasteiger partial charge in [-0.3, -0.25) is 4.79 Å². The smallest absolute Gasteiger partial charge is 0.233 e. The van der Waals surface area contributed by atoms with E-state index in [1.807, 2.05) is 12.1 Å². The molecule has 2 saturated heterocycles. The third kappa shape index (κ3) is 5.09. The first-order chi connectivity index (χ1) is 12.7. The molecule has 3 heterocycles. The van der Waals surface area contributed by atoms with E-state index in [9.17, 15) is 4.79 Å². The molecule has 27 heavy (non-hydrogen) atoms. The number of carbonyl (C=O) groups excluding carboxylic acids is 1. The van der Waals surface area contributed by atoms with Crippen molar-refractivity contribution in [3.05, 3.63) is 12.1 Å². The Morgan fingerprint density at radius 2 is 1.93 bits per heavy atom. The number of nitrogens with zero attached hydrogens (tertiary/aromatic N) is 3. The fourth-order valence-electron chi connectivity index (χ4n) is 4.73. The molecule has 0 radical (unpaired) electrons. The maximum Gasteiger partial charge on any atom is 0.233 e. The number of amides is 1. The van der Waals surface area contributed by atoms with Crippen LogP contribution in [-0.4, -0.2) is 53.4 Å². The quantitative estimate of drug-likeness (QED) is 0.839. The van der Waals surface area contributed by atoms with E-state index in [0.717, 1.165) is 38.0 Å². The van der Waals surface area contributed by atoms with Gasteiger partial charge in [0.1, 0.15) is 0 Å². The highest BCUT2D eigenvalue weighted by atomic mass is 16.5. The Labute approximate surface area is 162 Å². The van der Waals surface area contributed by atoms with Crippen LogP contribution in [0.1, 0.15) is 53.4 Å².